The normalized spacial score (nSPS) is 27.3. The van der Waals surface area contributed by atoms with E-state index >= 15 is 0 Å². The Morgan fingerprint density at radius 2 is 2.08 bits per heavy atom. The molecule has 3 fully saturated rings. The number of carbonyl (C=O) groups excluding carboxylic acids is 2. The molecule has 1 aromatic rings. The number of nitrogens with one attached hydrogen (secondary N) is 2. The number of hydrogen-bond acceptors (Lipinski definition) is 3. The van der Waals surface area contributed by atoms with E-state index in [4.69, 9.17) is 0 Å². The number of amides is 3. The first-order valence-electron chi connectivity index (χ1n) is 8.77. The third kappa shape index (κ3) is 3.11. The fraction of sp³-hybridized carbons (Fsp3) is 0.556. The van der Waals surface area contributed by atoms with Gasteiger partial charge in [-0.15, -0.1) is 0 Å². The second kappa shape index (κ2) is 6.09. The molecule has 2 saturated heterocycles. The lowest BCUT2D eigenvalue weighted by molar-refractivity contribution is -0.128. The first-order chi connectivity index (χ1) is 11.6. The average Bonchev–Trinajstić information content (AvgIpc) is 3.29. The Balaban J connectivity index is 1.43. The van der Waals surface area contributed by atoms with Gasteiger partial charge in [0, 0.05) is 31.9 Å². The zero-order valence-corrected chi connectivity index (χ0v) is 13.8. The Morgan fingerprint density at radius 1 is 1.29 bits per heavy atom. The molecule has 0 unspecified atom stereocenters. The summed E-state index contributed by atoms with van der Waals surface area (Å²) < 4.78 is 0. The van der Waals surface area contributed by atoms with E-state index in [1.165, 1.54) is 12.8 Å². The molecule has 24 heavy (non-hydrogen) atoms. The Morgan fingerprint density at radius 3 is 2.83 bits per heavy atom. The monoisotopic (exact) mass is 328 g/mol. The summed E-state index contributed by atoms with van der Waals surface area (Å²) in [5, 5.41) is 5.97. The number of urea groups is 1. The summed E-state index contributed by atoms with van der Waals surface area (Å²) in [6.07, 6.45) is 3.46. The van der Waals surface area contributed by atoms with E-state index in [0.717, 1.165) is 31.1 Å². The molecule has 3 aliphatic rings. The van der Waals surface area contributed by atoms with Crippen LogP contribution in [0.1, 0.15) is 19.3 Å². The van der Waals surface area contributed by atoms with Crippen molar-refractivity contribution in [3.05, 3.63) is 30.3 Å². The van der Waals surface area contributed by atoms with Crippen molar-refractivity contribution in [2.24, 2.45) is 5.92 Å². The van der Waals surface area contributed by atoms with Crippen LogP contribution >= 0.6 is 0 Å². The molecule has 2 aliphatic heterocycles. The summed E-state index contributed by atoms with van der Waals surface area (Å²) in [5.74, 6) is 0.841. The fourth-order valence-corrected chi connectivity index (χ4v) is 3.80. The van der Waals surface area contributed by atoms with Gasteiger partial charge in [-0.3, -0.25) is 9.69 Å². The second-order valence-corrected chi connectivity index (χ2v) is 7.29. The van der Waals surface area contributed by atoms with Crippen LogP contribution in [-0.2, 0) is 4.79 Å². The summed E-state index contributed by atoms with van der Waals surface area (Å²) in [6.45, 7) is 3.51. The molecule has 6 nitrogen and oxygen atoms in total. The molecule has 0 aromatic heterocycles. The summed E-state index contributed by atoms with van der Waals surface area (Å²) >= 11 is 0. The lowest BCUT2D eigenvalue weighted by atomic mass is 9.93. The van der Waals surface area contributed by atoms with Gasteiger partial charge < -0.3 is 15.5 Å². The van der Waals surface area contributed by atoms with Gasteiger partial charge in [0.05, 0.1) is 12.1 Å². The summed E-state index contributed by atoms with van der Waals surface area (Å²) in [5.41, 5.74) is 0.722. The highest BCUT2D eigenvalue weighted by Crippen LogP contribution is 2.36. The Labute approximate surface area is 142 Å². The number of piperazine rings is 1. The van der Waals surface area contributed by atoms with Gasteiger partial charge in [0.15, 0.2) is 0 Å². The van der Waals surface area contributed by atoms with Crippen molar-refractivity contribution in [3.63, 3.8) is 0 Å². The second-order valence-electron chi connectivity index (χ2n) is 7.29. The van der Waals surface area contributed by atoms with E-state index in [1.807, 2.05) is 35.2 Å². The molecule has 0 bridgehead atoms. The summed E-state index contributed by atoms with van der Waals surface area (Å²) in [7, 11) is 0. The maximum Gasteiger partial charge on any atom is 0.321 e. The third-order valence-electron chi connectivity index (χ3n) is 5.44. The van der Waals surface area contributed by atoms with Crippen LogP contribution in [0, 0.1) is 5.92 Å². The van der Waals surface area contributed by atoms with Crippen LogP contribution in [0.15, 0.2) is 30.3 Å². The molecule has 1 spiro atoms. The number of nitrogens with zero attached hydrogens (tertiary/aromatic N) is 2. The molecule has 6 heteroatoms. The standard InChI is InChI=1S/C18H24N4O2/c23-16-11-22(10-14-6-7-14)18(12-19-16)8-9-21(13-18)17(24)20-15-4-2-1-3-5-15/h1-5,14H,6-13H2,(H,19,23)(H,20,24)/t18-/m0/s1. The van der Waals surface area contributed by atoms with E-state index in [2.05, 4.69) is 15.5 Å². The minimum Gasteiger partial charge on any atom is -0.353 e. The quantitative estimate of drug-likeness (QED) is 0.884. The maximum absolute atomic E-state index is 12.6. The van der Waals surface area contributed by atoms with Crippen molar-refractivity contribution in [2.45, 2.75) is 24.8 Å². The Hall–Kier alpha value is -2.08. The number of anilines is 1. The highest BCUT2D eigenvalue weighted by molar-refractivity contribution is 5.89. The van der Waals surface area contributed by atoms with Crippen LogP contribution in [0.5, 0.6) is 0 Å². The zero-order valence-electron chi connectivity index (χ0n) is 13.8. The Kier molecular flexibility index (Phi) is 3.92. The average molecular weight is 328 g/mol. The number of carbonyl (C=O) groups is 2. The molecule has 1 atom stereocenters. The highest BCUT2D eigenvalue weighted by Gasteiger charge is 2.48. The SMILES string of the molecule is O=C1CN(CC2CC2)[C@@]2(CCN(C(=O)Nc3ccccc3)C2)CN1. The molecule has 0 radical (unpaired) electrons. The van der Waals surface area contributed by atoms with E-state index in [1.54, 1.807) is 0 Å². The van der Waals surface area contributed by atoms with Crippen LogP contribution in [0.4, 0.5) is 10.5 Å². The van der Waals surface area contributed by atoms with Crippen LogP contribution in [0.2, 0.25) is 0 Å². The number of rotatable bonds is 3. The highest BCUT2D eigenvalue weighted by atomic mass is 16.2. The molecule has 128 valence electrons. The van der Waals surface area contributed by atoms with Crippen molar-refractivity contribution in [1.29, 1.82) is 0 Å². The van der Waals surface area contributed by atoms with Gasteiger partial charge in [-0.25, -0.2) is 4.79 Å². The molecule has 1 saturated carbocycles. The summed E-state index contributed by atoms with van der Waals surface area (Å²) in [4.78, 5) is 28.6. The van der Waals surface area contributed by atoms with Gasteiger partial charge in [-0.05, 0) is 37.3 Å². The first-order valence-corrected chi connectivity index (χ1v) is 8.77. The lowest BCUT2D eigenvalue weighted by Crippen LogP contribution is -2.65. The van der Waals surface area contributed by atoms with E-state index in [-0.39, 0.29) is 17.5 Å². The largest absolute Gasteiger partial charge is 0.353 e. The molecule has 4 rings (SSSR count). The fourth-order valence-electron chi connectivity index (χ4n) is 3.80. The van der Waals surface area contributed by atoms with Crippen molar-refractivity contribution >= 4 is 17.6 Å². The van der Waals surface area contributed by atoms with Gasteiger partial charge in [-0.1, -0.05) is 18.2 Å². The smallest absolute Gasteiger partial charge is 0.321 e. The minimum absolute atomic E-state index is 0.0543. The van der Waals surface area contributed by atoms with Gasteiger partial charge in [0.1, 0.15) is 0 Å². The molecular weight excluding hydrogens is 304 g/mol. The molecule has 1 aromatic carbocycles. The zero-order chi connectivity index (χ0) is 16.6. The maximum atomic E-state index is 12.6. The number of benzene rings is 1. The predicted octanol–water partition coefficient (Wildman–Crippen LogP) is 1.50. The van der Waals surface area contributed by atoms with Crippen LogP contribution < -0.4 is 10.6 Å². The van der Waals surface area contributed by atoms with Gasteiger partial charge >= 0.3 is 6.03 Å². The number of likely N-dealkylation sites (tertiary alicyclic amines) is 1. The molecule has 2 heterocycles. The first kappa shape index (κ1) is 15.4. The number of hydrogen-bond donors (Lipinski definition) is 2. The molecular formula is C18H24N4O2. The molecule has 3 amide bonds. The van der Waals surface area contributed by atoms with Crippen LogP contribution in [0.3, 0.4) is 0 Å². The number of para-hydroxylation sites is 1. The van der Waals surface area contributed by atoms with Crippen molar-refractivity contribution in [1.82, 2.24) is 15.1 Å². The van der Waals surface area contributed by atoms with Gasteiger partial charge in [0.2, 0.25) is 5.91 Å². The van der Waals surface area contributed by atoms with Gasteiger partial charge in [0.25, 0.3) is 0 Å². The van der Waals surface area contributed by atoms with Crippen molar-refractivity contribution in [3.8, 4) is 0 Å². The molecule has 1 aliphatic carbocycles. The predicted molar refractivity (Wildman–Crippen MR) is 91.7 cm³/mol. The third-order valence-corrected chi connectivity index (χ3v) is 5.44. The van der Waals surface area contributed by atoms with Gasteiger partial charge in [-0.2, -0.15) is 0 Å². The van der Waals surface area contributed by atoms with Crippen LogP contribution in [-0.4, -0.2) is 60.0 Å². The Bertz CT molecular complexity index is 631. The van der Waals surface area contributed by atoms with E-state index < -0.39 is 0 Å². The van der Waals surface area contributed by atoms with E-state index in [9.17, 15) is 9.59 Å². The van der Waals surface area contributed by atoms with Crippen molar-refractivity contribution < 1.29 is 9.59 Å². The molecule has 2 N–H and O–H groups in total. The minimum atomic E-state index is -0.0927. The van der Waals surface area contributed by atoms with E-state index in [0.29, 0.717) is 19.6 Å². The summed E-state index contributed by atoms with van der Waals surface area (Å²) in [6, 6.07) is 9.49. The van der Waals surface area contributed by atoms with Crippen molar-refractivity contribution in [2.75, 3.05) is 38.0 Å². The topological polar surface area (TPSA) is 64.7 Å². The lowest BCUT2D eigenvalue weighted by Gasteiger charge is -2.44. The van der Waals surface area contributed by atoms with Crippen LogP contribution in [0.25, 0.3) is 0 Å².